The van der Waals surface area contributed by atoms with Crippen LogP contribution in [0, 0.1) is 0 Å². The Morgan fingerprint density at radius 3 is 2.18 bits per heavy atom. The average Bonchev–Trinajstić information content (AvgIpc) is 2.85. The Labute approximate surface area is 241 Å². The average molecular weight is 614 g/mol. The smallest absolute Gasteiger partial charge is 0.335 e. The standard InChI is InChI=1S/C25H14Cl5N3O5/c26-16-4-2-13(9-18(16)28)31-22(34)11-38-21-6-1-12(8-20(21)30)7-15-23(35)32-25(37)33(24(15)36)14-3-5-17(27)19(29)10-14/h1-10H,11H2,(H,31,34)(H,32,35,37)/b15-7-. The molecule has 0 unspecified atom stereocenters. The van der Waals surface area contributed by atoms with Gasteiger partial charge in [-0.05, 0) is 60.2 Å². The molecular weight excluding hydrogens is 600 g/mol. The Morgan fingerprint density at radius 2 is 1.53 bits per heavy atom. The number of anilines is 2. The Bertz CT molecular complexity index is 1530. The highest BCUT2D eigenvalue weighted by Gasteiger charge is 2.37. The molecule has 0 bridgehead atoms. The fourth-order valence-corrected chi connectivity index (χ4v) is 4.15. The first-order valence-electron chi connectivity index (χ1n) is 10.6. The maximum atomic E-state index is 13.0. The molecule has 3 aromatic rings. The lowest BCUT2D eigenvalue weighted by Crippen LogP contribution is -2.54. The number of urea groups is 1. The van der Waals surface area contributed by atoms with Crippen LogP contribution in [0.15, 0.2) is 60.2 Å². The van der Waals surface area contributed by atoms with Gasteiger partial charge in [0.05, 0.1) is 30.8 Å². The van der Waals surface area contributed by atoms with Gasteiger partial charge in [0.15, 0.2) is 6.61 Å². The van der Waals surface area contributed by atoms with Crippen molar-refractivity contribution in [3.63, 3.8) is 0 Å². The lowest BCUT2D eigenvalue weighted by atomic mass is 10.1. The van der Waals surface area contributed by atoms with E-state index in [-0.39, 0.29) is 43.7 Å². The molecule has 0 atom stereocenters. The highest BCUT2D eigenvalue weighted by atomic mass is 35.5. The minimum absolute atomic E-state index is 0.114. The van der Waals surface area contributed by atoms with Crippen LogP contribution in [0.2, 0.25) is 25.1 Å². The van der Waals surface area contributed by atoms with Crippen LogP contribution in [0.25, 0.3) is 6.08 Å². The summed E-state index contributed by atoms with van der Waals surface area (Å²) in [5.41, 5.74) is 0.608. The van der Waals surface area contributed by atoms with E-state index >= 15 is 0 Å². The van der Waals surface area contributed by atoms with Crippen molar-refractivity contribution in [3.8, 4) is 5.75 Å². The quantitative estimate of drug-likeness (QED) is 0.240. The van der Waals surface area contributed by atoms with Crippen LogP contribution in [-0.4, -0.2) is 30.4 Å². The first-order valence-corrected chi connectivity index (χ1v) is 12.5. The molecule has 0 spiro atoms. The summed E-state index contributed by atoms with van der Waals surface area (Å²) in [7, 11) is 0. The molecule has 8 nitrogen and oxygen atoms in total. The van der Waals surface area contributed by atoms with E-state index in [4.69, 9.17) is 62.7 Å². The molecule has 38 heavy (non-hydrogen) atoms. The van der Waals surface area contributed by atoms with E-state index in [9.17, 15) is 19.2 Å². The first-order chi connectivity index (χ1) is 18.0. The third-order valence-electron chi connectivity index (χ3n) is 5.09. The zero-order chi connectivity index (χ0) is 27.6. The van der Waals surface area contributed by atoms with E-state index < -0.39 is 23.8 Å². The third-order valence-corrected chi connectivity index (χ3v) is 6.87. The molecular formula is C25H14Cl5N3O5. The zero-order valence-electron chi connectivity index (χ0n) is 18.9. The summed E-state index contributed by atoms with van der Waals surface area (Å²) >= 11 is 30.0. The van der Waals surface area contributed by atoms with Crippen molar-refractivity contribution in [1.82, 2.24) is 5.32 Å². The highest BCUT2D eigenvalue weighted by Crippen LogP contribution is 2.31. The highest BCUT2D eigenvalue weighted by molar-refractivity contribution is 6.43. The maximum Gasteiger partial charge on any atom is 0.335 e. The fraction of sp³-hybridized carbons (Fsp3) is 0.0400. The van der Waals surface area contributed by atoms with Gasteiger partial charge in [-0.15, -0.1) is 0 Å². The first kappa shape index (κ1) is 27.8. The van der Waals surface area contributed by atoms with Gasteiger partial charge in [-0.25, -0.2) is 9.69 Å². The summed E-state index contributed by atoms with van der Waals surface area (Å²) < 4.78 is 5.48. The number of halogens is 5. The number of imide groups is 2. The Hall–Kier alpha value is -3.27. The molecule has 1 heterocycles. The van der Waals surface area contributed by atoms with Gasteiger partial charge in [0.25, 0.3) is 17.7 Å². The van der Waals surface area contributed by atoms with Gasteiger partial charge in [0.1, 0.15) is 11.3 Å². The summed E-state index contributed by atoms with van der Waals surface area (Å²) in [5.74, 6) is -2.04. The van der Waals surface area contributed by atoms with Crippen molar-refractivity contribution >= 4 is 99.2 Å². The number of hydrogen-bond donors (Lipinski definition) is 2. The van der Waals surface area contributed by atoms with Gasteiger partial charge in [-0.2, -0.15) is 0 Å². The Morgan fingerprint density at radius 1 is 0.842 bits per heavy atom. The summed E-state index contributed by atoms with van der Waals surface area (Å²) in [6, 6.07) is 12.3. The zero-order valence-corrected chi connectivity index (χ0v) is 22.6. The SMILES string of the molecule is O=C(COc1ccc(/C=C2/C(=O)NC(=O)N(c3ccc(Cl)c(Cl)c3)C2=O)cc1Cl)Nc1ccc(Cl)c(Cl)c1. The molecule has 4 rings (SSSR count). The number of benzene rings is 3. The second kappa shape index (κ2) is 11.6. The van der Waals surface area contributed by atoms with Gasteiger partial charge in [-0.3, -0.25) is 19.7 Å². The van der Waals surface area contributed by atoms with Crippen molar-refractivity contribution in [1.29, 1.82) is 0 Å². The summed E-state index contributed by atoms with van der Waals surface area (Å²) in [6.07, 6.45) is 1.27. The molecule has 5 amide bonds. The van der Waals surface area contributed by atoms with Crippen molar-refractivity contribution in [2.24, 2.45) is 0 Å². The number of carbonyl (C=O) groups is 4. The number of nitrogens with zero attached hydrogens (tertiary/aromatic N) is 1. The van der Waals surface area contributed by atoms with E-state index in [0.717, 1.165) is 4.90 Å². The second-order valence-corrected chi connectivity index (χ2v) is 9.75. The van der Waals surface area contributed by atoms with Crippen LogP contribution >= 0.6 is 58.0 Å². The van der Waals surface area contributed by atoms with E-state index in [1.54, 1.807) is 12.1 Å². The molecule has 1 fully saturated rings. The van der Waals surface area contributed by atoms with Crippen molar-refractivity contribution in [2.45, 2.75) is 0 Å². The van der Waals surface area contributed by atoms with E-state index in [0.29, 0.717) is 16.3 Å². The summed E-state index contributed by atoms with van der Waals surface area (Å²) in [4.78, 5) is 50.8. The molecule has 2 N–H and O–H groups in total. The van der Waals surface area contributed by atoms with Crippen LogP contribution in [-0.2, 0) is 14.4 Å². The fourth-order valence-electron chi connectivity index (χ4n) is 3.32. The lowest BCUT2D eigenvalue weighted by Gasteiger charge is -2.26. The number of barbiturate groups is 1. The third kappa shape index (κ3) is 6.23. The van der Waals surface area contributed by atoms with Crippen LogP contribution < -0.4 is 20.3 Å². The minimum Gasteiger partial charge on any atom is -0.482 e. The van der Waals surface area contributed by atoms with Gasteiger partial charge in [0.2, 0.25) is 0 Å². The molecule has 0 aromatic heterocycles. The van der Waals surface area contributed by atoms with Crippen molar-refractivity contribution < 1.29 is 23.9 Å². The molecule has 0 radical (unpaired) electrons. The van der Waals surface area contributed by atoms with Crippen molar-refractivity contribution in [2.75, 3.05) is 16.8 Å². The number of amides is 5. The normalized spacial score (nSPS) is 14.5. The molecule has 0 saturated carbocycles. The van der Waals surface area contributed by atoms with Crippen molar-refractivity contribution in [3.05, 3.63) is 90.8 Å². The van der Waals surface area contributed by atoms with E-state index in [2.05, 4.69) is 10.6 Å². The van der Waals surface area contributed by atoms with Gasteiger partial charge < -0.3 is 10.1 Å². The molecule has 13 heteroatoms. The maximum absolute atomic E-state index is 13.0. The summed E-state index contributed by atoms with van der Waals surface area (Å²) in [5, 5.41) is 5.83. The topological polar surface area (TPSA) is 105 Å². The molecule has 194 valence electrons. The van der Waals surface area contributed by atoms with Gasteiger partial charge >= 0.3 is 6.03 Å². The van der Waals surface area contributed by atoms with Gasteiger partial charge in [-0.1, -0.05) is 64.1 Å². The molecule has 1 aliphatic heterocycles. The Kier molecular flexibility index (Phi) is 8.50. The largest absolute Gasteiger partial charge is 0.482 e. The summed E-state index contributed by atoms with van der Waals surface area (Å²) in [6.45, 7) is -0.359. The van der Waals surface area contributed by atoms with Gasteiger partial charge in [0, 0.05) is 5.69 Å². The molecule has 3 aromatic carbocycles. The predicted molar refractivity (Wildman–Crippen MR) is 148 cm³/mol. The number of nitrogens with one attached hydrogen (secondary N) is 2. The molecule has 1 saturated heterocycles. The van der Waals surface area contributed by atoms with Crippen LogP contribution in [0.3, 0.4) is 0 Å². The Balaban J connectivity index is 1.48. The van der Waals surface area contributed by atoms with Crippen LogP contribution in [0.1, 0.15) is 5.56 Å². The number of hydrogen-bond acceptors (Lipinski definition) is 5. The molecule has 0 aliphatic carbocycles. The second-order valence-electron chi connectivity index (χ2n) is 7.71. The van der Waals surface area contributed by atoms with Crippen LogP contribution in [0.4, 0.5) is 16.2 Å². The predicted octanol–water partition coefficient (Wildman–Crippen LogP) is 6.64. The lowest BCUT2D eigenvalue weighted by molar-refractivity contribution is -0.122. The van der Waals surface area contributed by atoms with E-state index in [1.165, 1.54) is 48.5 Å². The van der Waals surface area contributed by atoms with E-state index in [1.807, 2.05) is 0 Å². The number of rotatable bonds is 6. The number of carbonyl (C=O) groups excluding carboxylic acids is 4. The van der Waals surface area contributed by atoms with Crippen LogP contribution in [0.5, 0.6) is 5.75 Å². The monoisotopic (exact) mass is 611 g/mol. The minimum atomic E-state index is -0.934. The number of ether oxygens (including phenoxy) is 1. The molecule has 1 aliphatic rings.